The molecule has 2 aliphatic heterocycles. The standard InChI is InChI=1S/C19H24N4O6/c20-16(21)12-1-3-13(4-2-12)23-11-14(29-18(23)28)10-22-7-5-19(6-8-22,17(26)27)9-15(24)25/h1-4,14H,5-11H2,(H3,20,21)(H,24,25)(H,26,27). The van der Waals surface area contributed by atoms with Crippen LogP contribution in [-0.2, 0) is 14.3 Å². The third kappa shape index (κ3) is 4.48. The lowest BCUT2D eigenvalue weighted by Crippen LogP contribution is -2.47. The topological polar surface area (TPSA) is 157 Å². The van der Waals surface area contributed by atoms with Gasteiger partial charge in [0.25, 0.3) is 0 Å². The zero-order chi connectivity index (χ0) is 21.2. The molecule has 2 aliphatic rings. The van der Waals surface area contributed by atoms with Crippen LogP contribution in [0.4, 0.5) is 10.5 Å². The fourth-order valence-corrected chi connectivity index (χ4v) is 3.86. The van der Waals surface area contributed by atoms with Gasteiger partial charge in [-0.1, -0.05) is 0 Å². The van der Waals surface area contributed by atoms with Gasteiger partial charge in [-0.15, -0.1) is 0 Å². The van der Waals surface area contributed by atoms with E-state index < -0.39 is 29.9 Å². The molecule has 1 unspecified atom stereocenters. The van der Waals surface area contributed by atoms with Crippen molar-refractivity contribution in [3.63, 3.8) is 0 Å². The Morgan fingerprint density at radius 2 is 1.83 bits per heavy atom. The Labute approximate surface area is 167 Å². The summed E-state index contributed by atoms with van der Waals surface area (Å²) in [7, 11) is 0. The molecule has 2 saturated heterocycles. The molecule has 0 aliphatic carbocycles. The van der Waals surface area contributed by atoms with E-state index in [-0.39, 0.29) is 24.8 Å². The van der Waals surface area contributed by atoms with Gasteiger partial charge in [-0.05, 0) is 50.2 Å². The maximum Gasteiger partial charge on any atom is 0.414 e. The molecule has 10 heteroatoms. The van der Waals surface area contributed by atoms with E-state index >= 15 is 0 Å². The van der Waals surface area contributed by atoms with Crippen LogP contribution in [0.25, 0.3) is 0 Å². The first-order valence-corrected chi connectivity index (χ1v) is 9.30. The highest BCUT2D eigenvalue weighted by Gasteiger charge is 2.44. The first-order valence-electron chi connectivity index (χ1n) is 9.30. The highest BCUT2D eigenvalue weighted by atomic mass is 16.6. The van der Waals surface area contributed by atoms with E-state index in [0.717, 1.165) is 0 Å². The lowest BCUT2D eigenvalue weighted by atomic mass is 9.75. The van der Waals surface area contributed by atoms with Gasteiger partial charge < -0.3 is 20.7 Å². The summed E-state index contributed by atoms with van der Waals surface area (Å²) in [6.07, 6.45) is -0.740. The predicted molar refractivity (Wildman–Crippen MR) is 103 cm³/mol. The quantitative estimate of drug-likeness (QED) is 0.386. The summed E-state index contributed by atoms with van der Waals surface area (Å²) in [5.74, 6) is -2.24. The minimum atomic E-state index is -1.24. The molecule has 1 aromatic carbocycles. The van der Waals surface area contributed by atoms with Gasteiger partial charge in [0.1, 0.15) is 11.9 Å². The van der Waals surface area contributed by atoms with Crippen molar-refractivity contribution in [2.75, 3.05) is 31.1 Å². The average Bonchev–Trinajstić information content (AvgIpc) is 3.03. The number of piperidine rings is 1. The normalized spacial score (nSPS) is 21.6. The van der Waals surface area contributed by atoms with Gasteiger partial charge in [0.15, 0.2) is 0 Å². The van der Waals surface area contributed by atoms with Gasteiger partial charge in [0.2, 0.25) is 0 Å². The van der Waals surface area contributed by atoms with Gasteiger partial charge in [-0.2, -0.15) is 0 Å². The fourth-order valence-electron chi connectivity index (χ4n) is 3.86. The van der Waals surface area contributed by atoms with E-state index in [2.05, 4.69) is 0 Å². The molecule has 0 radical (unpaired) electrons. The maximum atomic E-state index is 12.2. The zero-order valence-corrected chi connectivity index (χ0v) is 15.8. The Kier molecular flexibility index (Phi) is 5.73. The van der Waals surface area contributed by atoms with Crippen molar-refractivity contribution in [2.24, 2.45) is 11.1 Å². The van der Waals surface area contributed by atoms with Crippen LogP contribution in [0.5, 0.6) is 0 Å². The molecular formula is C19H24N4O6. The monoisotopic (exact) mass is 404 g/mol. The number of nitrogen functional groups attached to an aromatic ring is 1. The number of likely N-dealkylation sites (tertiary alicyclic amines) is 1. The number of nitrogens with two attached hydrogens (primary N) is 1. The second-order valence-corrected chi connectivity index (χ2v) is 7.53. The van der Waals surface area contributed by atoms with E-state index in [4.69, 9.17) is 21.0 Å². The lowest BCUT2D eigenvalue weighted by molar-refractivity contribution is -0.159. The number of anilines is 1. The van der Waals surface area contributed by atoms with Crippen molar-refractivity contribution in [1.29, 1.82) is 5.41 Å². The smallest absolute Gasteiger partial charge is 0.414 e. The molecule has 3 rings (SSSR count). The summed E-state index contributed by atoms with van der Waals surface area (Å²) in [6.45, 7) is 1.67. The number of cyclic esters (lactones) is 1. The maximum absolute atomic E-state index is 12.2. The van der Waals surface area contributed by atoms with E-state index in [0.29, 0.717) is 37.4 Å². The molecule has 0 bridgehead atoms. The summed E-state index contributed by atoms with van der Waals surface area (Å²) in [6, 6.07) is 6.73. The number of rotatable bonds is 7. The van der Waals surface area contributed by atoms with Crippen molar-refractivity contribution >= 4 is 29.6 Å². The van der Waals surface area contributed by atoms with Crippen LogP contribution < -0.4 is 10.6 Å². The molecule has 29 heavy (non-hydrogen) atoms. The van der Waals surface area contributed by atoms with Crippen molar-refractivity contribution in [3.05, 3.63) is 29.8 Å². The highest BCUT2D eigenvalue weighted by Crippen LogP contribution is 2.36. The minimum Gasteiger partial charge on any atom is -0.481 e. The largest absolute Gasteiger partial charge is 0.481 e. The summed E-state index contributed by atoms with van der Waals surface area (Å²) in [5, 5.41) is 25.9. The van der Waals surface area contributed by atoms with E-state index in [1.807, 2.05) is 4.90 Å². The Morgan fingerprint density at radius 1 is 1.21 bits per heavy atom. The molecule has 156 valence electrons. The number of nitrogens with zero attached hydrogens (tertiary/aromatic N) is 2. The third-order valence-electron chi connectivity index (χ3n) is 5.58. The molecule has 2 heterocycles. The summed E-state index contributed by atoms with van der Waals surface area (Å²) >= 11 is 0. The van der Waals surface area contributed by atoms with Gasteiger partial charge in [0.05, 0.1) is 18.4 Å². The molecule has 1 aromatic rings. The molecule has 1 atom stereocenters. The van der Waals surface area contributed by atoms with Crippen LogP contribution in [0, 0.1) is 10.8 Å². The number of benzene rings is 1. The van der Waals surface area contributed by atoms with Gasteiger partial charge in [0, 0.05) is 17.8 Å². The predicted octanol–water partition coefficient (Wildman–Crippen LogP) is 0.937. The third-order valence-corrected chi connectivity index (χ3v) is 5.58. The van der Waals surface area contributed by atoms with Crippen molar-refractivity contribution < 1.29 is 29.3 Å². The van der Waals surface area contributed by atoms with Crippen molar-refractivity contribution in [2.45, 2.75) is 25.4 Å². The number of carbonyl (C=O) groups excluding carboxylic acids is 1. The van der Waals surface area contributed by atoms with Crippen molar-refractivity contribution in [3.8, 4) is 0 Å². The molecule has 0 saturated carbocycles. The summed E-state index contributed by atoms with van der Waals surface area (Å²) in [4.78, 5) is 38.4. The first-order chi connectivity index (χ1) is 13.7. The summed E-state index contributed by atoms with van der Waals surface area (Å²) < 4.78 is 5.44. The molecule has 5 N–H and O–H groups in total. The lowest BCUT2D eigenvalue weighted by Gasteiger charge is -2.38. The Hall–Kier alpha value is -3.14. The molecule has 1 amide bonds. The Balaban J connectivity index is 1.57. The number of nitrogens with one attached hydrogen (secondary N) is 1. The van der Waals surface area contributed by atoms with Crippen molar-refractivity contribution in [1.82, 2.24) is 4.90 Å². The number of aliphatic carboxylic acids is 2. The fraction of sp³-hybridized carbons (Fsp3) is 0.474. The van der Waals surface area contributed by atoms with Gasteiger partial charge >= 0.3 is 18.0 Å². The average molecular weight is 404 g/mol. The number of hydrogen-bond acceptors (Lipinski definition) is 6. The van der Waals surface area contributed by atoms with Crippen LogP contribution in [0.2, 0.25) is 0 Å². The minimum absolute atomic E-state index is 0.0520. The molecule has 10 nitrogen and oxygen atoms in total. The molecule has 2 fully saturated rings. The Bertz CT molecular complexity index is 816. The summed E-state index contributed by atoms with van der Waals surface area (Å²) in [5.41, 5.74) is 5.41. The first kappa shape index (κ1) is 20.6. The molecule has 0 aromatic heterocycles. The molecular weight excluding hydrogens is 380 g/mol. The van der Waals surface area contributed by atoms with E-state index in [9.17, 15) is 19.5 Å². The zero-order valence-electron chi connectivity index (χ0n) is 15.8. The van der Waals surface area contributed by atoms with Crippen LogP contribution in [-0.4, -0.2) is 71.3 Å². The van der Waals surface area contributed by atoms with Crippen LogP contribution in [0.3, 0.4) is 0 Å². The number of carboxylic acid groups (broad SMARTS) is 2. The van der Waals surface area contributed by atoms with Crippen LogP contribution in [0.15, 0.2) is 24.3 Å². The highest BCUT2D eigenvalue weighted by molar-refractivity contribution is 5.96. The van der Waals surface area contributed by atoms with Crippen LogP contribution >= 0.6 is 0 Å². The number of hydrogen-bond donors (Lipinski definition) is 4. The van der Waals surface area contributed by atoms with E-state index in [1.54, 1.807) is 24.3 Å². The number of ether oxygens (including phenoxy) is 1. The Morgan fingerprint density at radius 3 is 2.34 bits per heavy atom. The van der Waals surface area contributed by atoms with Gasteiger partial charge in [-0.25, -0.2) is 4.79 Å². The number of amides is 1. The molecule has 0 spiro atoms. The number of carbonyl (C=O) groups is 3. The number of carboxylic acids is 2. The second-order valence-electron chi connectivity index (χ2n) is 7.53. The van der Waals surface area contributed by atoms with E-state index in [1.165, 1.54) is 4.90 Å². The SMILES string of the molecule is N=C(N)c1ccc(N2CC(CN3CCC(CC(=O)O)(C(=O)O)CC3)OC2=O)cc1. The second kappa shape index (κ2) is 8.08. The number of amidine groups is 1. The van der Waals surface area contributed by atoms with Crippen LogP contribution in [0.1, 0.15) is 24.8 Å². The van der Waals surface area contributed by atoms with Gasteiger partial charge in [-0.3, -0.25) is 24.8 Å².